The Hall–Kier alpha value is -2.41. The van der Waals surface area contributed by atoms with Crippen molar-refractivity contribution in [3.63, 3.8) is 0 Å². The number of alkyl halides is 2. The van der Waals surface area contributed by atoms with Crippen LogP contribution in [0.25, 0.3) is 11.4 Å². The van der Waals surface area contributed by atoms with Gasteiger partial charge in [-0.15, -0.1) is 10.2 Å². The van der Waals surface area contributed by atoms with Crippen LogP contribution in [0.3, 0.4) is 0 Å². The summed E-state index contributed by atoms with van der Waals surface area (Å²) >= 11 is 1.43. The second-order valence-electron chi connectivity index (χ2n) is 5.46. The number of ether oxygens (including phenoxy) is 1. The normalized spacial score (nSPS) is 11.1. The fourth-order valence-electron chi connectivity index (χ4n) is 2.48. The maximum Gasteiger partial charge on any atom is 0.387 e. The minimum atomic E-state index is -2.84. The van der Waals surface area contributed by atoms with Gasteiger partial charge < -0.3 is 9.30 Å². The Bertz CT molecular complexity index is 867. The van der Waals surface area contributed by atoms with Crippen LogP contribution < -0.4 is 4.74 Å². The molecule has 7 heteroatoms. The summed E-state index contributed by atoms with van der Waals surface area (Å²) in [7, 11) is 1.89. The summed E-state index contributed by atoms with van der Waals surface area (Å²) in [5.41, 5.74) is 2.82. The molecule has 0 atom stereocenters. The third-order valence-corrected chi connectivity index (χ3v) is 4.84. The van der Waals surface area contributed by atoms with Crippen molar-refractivity contribution in [2.45, 2.75) is 24.4 Å². The Morgan fingerprint density at radius 2 is 1.80 bits per heavy atom. The predicted molar refractivity (Wildman–Crippen MR) is 93.8 cm³/mol. The summed E-state index contributed by atoms with van der Waals surface area (Å²) in [6, 6.07) is 14.7. The van der Waals surface area contributed by atoms with E-state index in [1.54, 1.807) is 18.2 Å². The van der Waals surface area contributed by atoms with Crippen LogP contribution in [-0.4, -0.2) is 21.4 Å². The molecule has 25 heavy (non-hydrogen) atoms. The summed E-state index contributed by atoms with van der Waals surface area (Å²) in [6.07, 6.45) is 0. The van der Waals surface area contributed by atoms with Crippen molar-refractivity contribution in [1.82, 2.24) is 14.8 Å². The number of thioether (sulfide) groups is 1. The molecule has 0 amide bonds. The fraction of sp³-hybridized carbons (Fsp3) is 0.222. The second-order valence-corrected chi connectivity index (χ2v) is 6.40. The highest BCUT2D eigenvalue weighted by Gasteiger charge is 2.14. The molecular weight excluding hydrogens is 344 g/mol. The molecule has 2 aromatic carbocycles. The van der Waals surface area contributed by atoms with E-state index in [1.165, 1.54) is 17.8 Å². The van der Waals surface area contributed by atoms with E-state index in [0.29, 0.717) is 16.5 Å². The Labute approximate surface area is 148 Å². The molecule has 0 spiro atoms. The summed E-state index contributed by atoms with van der Waals surface area (Å²) in [6.45, 7) is -0.817. The lowest BCUT2D eigenvalue weighted by molar-refractivity contribution is -0.0503. The van der Waals surface area contributed by atoms with Gasteiger partial charge in [0.15, 0.2) is 11.0 Å². The Morgan fingerprint density at radius 1 is 1.08 bits per heavy atom. The largest absolute Gasteiger partial charge is 0.435 e. The summed E-state index contributed by atoms with van der Waals surface area (Å²) in [4.78, 5) is 0. The molecule has 1 aromatic heterocycles. The number of rotatable bonds is 6. The molecule has 0 aliphatic rings. The zero-order valence-corrected chi connectivity index (χ0v) is 14.6. The van der Waals surface area contributed by atoms with Crippen molar-refractivity contribution in [3.8, 4) is 17.1 Å². The van der Waals surface area contributed by atoms with E-state index in [4.69, 9.17) is 0 Å². The predicted octanol–water partition coefficient (Wildman–Crippen LogP) is 4.68. The minimum absolute atomic E-state index is 0.186. The number of halogens is 2. The van der Waals surface area contributed by atoms with Gasteiger partial charge in [-0.05, 0) is 18.6 Å². The topological polar surface area (TPSA) is 39.9 Å². The molecule has 130 valence electrons. The zero-order valence-electron chi connectivity index (χ0n) is 13.8. The average Bonchev–Trinajstić information content (AvgIpc) is 2.95. The van der Waals surface area contributed by atoms with E-state index in [-0.39, 0.29) is 5.75 Å². The third-order valence-electron chi connectivity index (χ3n) is 3.77. The van der Waals surface area contributed by atoms with E-state index < -0.39 is 6.61 Å². The number of para-hydroxylation sites is 1. The maximum absolute atomic E-state index is 12.5. The monoisotopic (exact) mass is 361 g/mol. The molecule has 0 radical (unpaired) electrons. The molecule has 0 saturated heterocycles. The van der Waals surface area contributed by atoms with Crippen LogP contribution in [0.15, 0.2) is 53.7 Å². The van der Waals surface area contributed by atoms with E-state index in [0.717, 1.165) is 17.0 Å². The van der Waals surface area contributed by atoms with Crippen molar-refractivity contribution in [2.24, 2.45) is 7.05 Å². The van der Waals surface area contributed by atoms with Crippen LogP contribution in [0.4, 0.5) is 8.78 Å². The molecule has 0 aliphatic carbocycles. The van der Waals surface area contributed by atoms with Gasteiger partial charge >= 0.3 is 6.61 Å². The highest BCUT2D eigenvalue weighted by molar-refractivity contribution is 7.98. The molecule has 0 aliphatic heterocycles. The van der Waals surface area contributed by atoms with Crippen molar-refractivity contribution in [3.05, 3.63) is 59.7 Å². The van der Waals surface area contributed by atoms with Gasteiger partial charge in [-0.3, -0.25) is 0 Å². The molecule has 0 unspecified atom stereocenters. The summed E-state index contributed by atoms with van der Waals surface area (Å²) in [5, 5.41) is 9.21. The van der Waals surface area contributed by atoms with Crippen LogP contribution >= 0.6 is 11.8 Å². The Balaban J connectivity index is 1.79. The Morgan fingerprint density at radius 3 is 2.56 bits per heavy atom. The second kappa shape index (κ2) is 7.65. The lowest BCUT2D eigenvalue weighted by atomic mass is 10.1. The van der Waals surface area contributed by atoms with Crippen LogP contribution in [0.5, 0.6) is 5.75 Å². The molecule has 3 aromatic rings. The third kappa shape index (κ3) is 3.99. The number of aryl methyl sites for hydroxylation is 1. The lowest BCUT2D eigenvalue weighted by Crippen LogP contribution is -2.04. The first kappa shape index (κ1) is 17.4. The van der Waals surface area contributed by atoms with E-state index in [1.807, 2.05) is 42.8 Å². The maximum atomic E-state index is 12.5. The standard InChI is InChI=1S/C18H17F2N3OS/c1-12-7-3-5-9-14(12)16-21-22-18(23(16)2)25-11-13-8-4-6-10-15(13)24-17(19)20/h3-10,17H,11H2,1-2H3. The quantitative estimate of drug-likeness (QED) is 0.598. The van der Waals surface area contributed by atoms with Gasteiger partial charge in [-0.2, -0.15) is 8.78 Å². The molecular formula is C18H17F2N3OS. The molecule has 0 fully saturated rings. The summed E-state index contributed by atoms with van der Waals surface area (Å²) < 4.78 is 31.5. The zero-order chi connectivity index (χ0) is 17.8. The smallest absolute Gasteiger partial charge is 0.387 e. The number of hydrogen-bond acceptors (Lipinski definition) is 4. The first-order chi connectivity index (χ1) is 12.1. The van der Waals surface area contributed by atoms with E-state index in [2.05, 4.69) is 14.9 Å². The molecule has 3 rings (SSSR count). The van der Waals surface area contributed by atoms with Gasteiger partial charge in [-0.1, -0.05) is 54.2 Å². The SMILES string of the molecule is Cc1ccccc1-c1nnc(SCc2ccccc2OC(F)F)n1C. The number of aromatic nitrogens is 3. The highest BCUT2D eigenvalue weighted by atomic mass is 32.2. The van der Waals surface area contributed by atoms with Gasteiger partial charge in [-0.25, -0.2) is 0 Å². The minimum Gasteiger partial charge on any atom is -0.435 e. The van der Waals surface area contributed by atoms with Gasteiger partial charge in [0.2, 0.25) is 0 Å². The number of benzene rings is 2. The first-order valence-corrected chi connectivity index (χ1v) is 8.65. The first-order valence-electron chi connectivity index (χ1n) is 7.67. The van der Waals surface area contributed by atoms with Crippen molar-refractivity contribution in [2.75, 3.05) is 0 Å². The van der Waals surface area contributed by atoms with E-state index >= 15 is 0 Å². The van der Waals surface area contributed by atoms with Gasteiger partial charge in [0, 0.05) is 23.9 Å². The lowest BCUT2D eigenvalue weighted by Gasteiger charge is -2.10. The Kier molecular flexibility index (Phi) is 5.33. The van der Waals surface area contributed by atoms with Crippen LogP contribution in [0.2, 0.25) is 0 Å². The van der Waals surface area contributed by atoms with Crippen molar-refractivity contribution < 1.29 is 13.5 Å². The van der Waals surface area contributed by atoms with Crippen LogP contribution in [0, 0.1) is 6.92 Å². The van der Waals surface area contributed by atoms with Gasteiger partial charge in [0.25, 0.3) is 0 Å². The van der Waals surface area contributed by atoms with Crippen LogP contribution in [-0.2, 0) is 12.8 Å². The van der Waals surface area contributed by atoms with E-state index in [9.17, 15) is 8.78 Å². The highest BCUT2D eigenvalue weighted by Crippen LogP contribution is 2.30. The molecule has 1 heterocycles. The molecule has 0 N–H and O–H groups in total. The molecule has 0 bridgehead atoms. The van der Waals surface area contributed by atoms with Crippen molar-refractivity contribution in [1.29, 1.82) is 0 Å². The van der Waals surface area contributed by atoms with Crippen LogP contribution in [0.1, 0.15) is 11.1 Å². The average molecular weight is 361 g/mol. The fourth-order valence-corrected chi connectivity index (χ4v) is 3.38. The number of hydrogen-bond donors (Lipinski definition) is 0. The molecule has 0 saturated carbocycles. The molecule has 4 nitrogen and oxygen atoms in total. The van der Waals surface area contributed by atoms with Gasteiger partial charge in [0.1, 0.15) is 5.75 Å². The number of nitrogens with zero attached hydrogens (tertiary/aromatic N) is 3. The van der Waals surface area contributed by atoms with Crippen molar-refractivity contribution >= 4 is 11.8 Å². The van der Waals surface area contributed by atoms with Gasteiger partial charge in [0.05, 0.1) is 0 Å². The summed E-state index contributed by atoms with van der Waals surface area (Å²) in [5.74, 6) is 1.42.